The Labute approximate surface area is 183 Å². The quantitative estimate of drug-likeness (QED) is 0.250. The van der Waals surface area contributed by atoms with Crippen molar-refractivity contribution >= 4 is 53.1 Å². The molecule has 1 aliphatic rings. The number of guanidine groups is 1. The molecule has 1 heterocycles. The Morgan fingerprint density at radius 1 is 1.27 bits per heavy atom. The lowest BCUT2D eigenvalue weighted by molar-refractivity contribution is 0.0531. The minimum Gasteiger partial charge on any atom is -0.383 e. The first kappa shape index (κ1) is 23.8. The van der Waals surface area contributed by atoms with Crippen molar-refractivity contribution in [2.24, 2.45) is 4.99 Å². The van der Waals surface area contributed by atoms with Gasteiger partial charge >= 0.3 is 0 Å². The number of ether oxygens (including phenoxy) is 2. The summed E-state index contributed by atoms with van der Waals surface area (Å²) in [5, 5.41) is 7.90. The average molecular weight is 516 g/mol. The van der Waals surface area contributed by atoms with Gasteiger partial charge in [0.2, 0.25) is 0 Å². The molecule has 26 heavy (non-hydrogen) atoms. The van der Waals surface area contributed by atoms with Crippen LogP contribution in [0.3, 0.4) is 0 Å². The molecule has 1 fully saturated rings. The molecule has 0 unspecified atom stereocenters. The fraction of sp³-hybridized carbons (Fsp3) is 0.611. The van der Waals surface area contributed by atoms with Crippen molar-refractivity contribution in [3.8, 4) is 0 Å². The molecule has 5 nitrogen and oxygen atoms in total. The Kier molecular flexibility index (Phi) is 11.2. The predicted molar refractivity (Wildman–Crippen MR) is 119 cm³/mol. The van der Waals surface area contributed by atoms with Crippen LogP contribution < -0.4 is 10.6 Å². The lowest BCUT2D eigenvalue weighted by atomic mass is 9.74. The van der Waals surface area contributed by atoms with Gasteiger partial charge in [-0.2, -0.15) is 0 Å². The molecule has 8 heteroatoms. The molecule has 148 valence electrons. The second-order valence-corrected chi connectivity index (χ2v) is 6.98. The van der Waals surface area contributed by atoms with E-state index < -0.39 is 0 Å². The monoisotopic (exact) mass is 515 g/mol. The maximum Gasteiger partial charge on any atom is 0.191 e. The van der Waals surface area contributed by atoms with Crippen LogP contribution in [0.15, 0.2) is 23.2 Å². The largest absolute Gasteiger partial charge is 0.383 e. The Bertz CT molecular complexity index is 582. The molecule has 0 amide bonds. The summed E-state index contributed by atoms with van der Waals surface area (Å²) in [6, 6.07) is 5.73. The minimum absolute atomic E-state index is 0. The van der Waals surface area contributed by atoms with Crippen LogP contribution in [0.2, 0.25) is 10.0 Å². The van der Waals surface area contributed by atoms with Gasteiger partial charge < -0.3 is 20.1 Å². The summed E-state index contributed by atoms with van der Waals surface area (Å²) in [7, 11) is 1.69. The molecular weight excluding hydrogens is 488 g/mol. The standard InChI is InChI=1S/C18H27Cl2N3O2.HI/c1-3-21-17(22-8-11-24-2)23-13-18(6-9-25-10-7-18)15-5-4-14(19)12-16(15)20;/h4-5,12H,3,6-11,13H2,1-2H3,(H2,21,22,23);1H. The highest BCUT2D eigenvalue weighted by Crippen LogP contribution is 2.39. The molecule has 0 spiro atoms. The molecule has 0 aliphatic carbocycles. The highest BCUT2D eigenvalue weighted by molar-refractivity contribution is 14.0. The van der Waals surface area contributed by atoms with Gasteiger partial charge in [-0.15, -0.1) is 24.0 Å². The summed E-state index contributed by atoms with van der Waals surface area (Å²) in [5.41, 5.74) is 0.960. The number of halogens is 3. The van der Waals surface area contributed by atoms with E-state index in [9.17, 15) is 0 Å². The lowest BCUT2D eigenvalue weighted by Gasteiger charge is -2.37. The summed E-state index contributed by atoms with van der Waals surface area (Å²) in [6.45, 7) is 6.25. The molecule has 0 bridgehead atoms. The van der Waals surface area contributed by atoms with Crippen molar-refractivity contribution in [2.75, 3.05) is 46.6 Å². The fourth-order valence-electron chi connectivity index (χ4n) is 3.04. The predicted octanol–water partition coefficient (Wildman–Crippen LogP) is 3.86. The van der Waals surface area contributed by atoms with Crippen molar-refractivity contribution in [3.05, 3.63) is 33.8 Å². The zero-order chi connectivity index (χ0) is 18.1. The third-order valence-corrected chi connectivity index (χ3v) is 4.98. The fourth-order valence-corrected chi connectivity index (χ4v) is 3.65. The van der Waals surface area contributed by atoms with Crippen molar-refractivity contribution < 1.29 is 9.47 Å². The number of nitrogens with one attached hydrogen (secondary N) is 2. The Morgan fingerprint density at radius 2 is 2.00 bits per heavy atom. The van der Waals surface area contributed by atoms with Gasteiger partial charge in [0.25, 0.3) is 0 Å². The molecule has 1 aromatic carbocycles. The summed E-state index contributed by atoms with van der Waals surface area (Å²) >= 11 is 12.6. The van der Waals surface area contributed by atoms with E-state index in [-0.39, 0.29) is 29.4 Å². The van der Waals surface area contributed by atoms with Crippen molar-refractivity contribution in [1.82, 2.24) is 10.6 Å². The average Bonchev–Trinajstić information content (AvgIpc) is 2.60. The van der Waals surface area contributed by atoms with Crippen LogP contribution in [-0.2, 0) is 14.9 Å². The van der Waals surface area contributed by atoms with Crippen LogP contribution in [0.25, 0.3) is 0 Å². The van der Waals surface area contributed by atoms with E-state index in [0.717, 1.165) is 30.9 Å². The van der Waals surface area contributed by atoms with Gasteiger partial charge in [0.05, 0.1) is 13.2 Å². The smallest absolute Gasteiger partial charge is 0.191 e. The molecular formula is C18H28Cl2IN3O2. The Morgan fingerprint density at radius 3 is 2.62 bits per heavy atom. The third kappa shape index (κ3) is 6.71. The van der Waals surface area contributed by atoms with E-state index in [4.69, 9.17) is 37.7 Å². The number of rotatable bonds is 7. The van der Waals surface area contributed by atoms with Gasteiger partial charge in [0.1, 0.15) is 0 Å². The first-order chi connectivity index (χ1) is 12.1. The second-order valence-electron chi connectivity index (χ2n) is 6.13. The number of aliphatic imine (C=N–C) groups is 1. The Balaban J connectivity index is 0.00000338. The first-order valence-electron chi connectivity index (χ1n) is 8.65. The summed E-state index contributed by atoms with van der Waals surface area (Å²) in [4.78, 5) is 4.81. The van der Waals surface area contributed by atoms with Gasteiger partial charge in [0.15, 0.2) is 5.96 Å². The minimum atomic E-state index is -0.135. The van der Waals surface area contributed by atoms with Gasteiger partial charge in [-0.3, -0.25) is 4.99 Å². The first-order valence-corrected chi connectivity index (χ1v) is 9.41. The van der Waals surface area contributed by atoms with Gasteiger partial charge in [-0.25, -0.2) is 0 Å². The summed E-state index contributed by atoms with van der Waals surface area (Å²) in [5.74, 6) is 0.788. The number of methoxy groups -OCH3 is 1. The molecule has 0 aromatic heterocycles. The van der Waals surface area contributed by atoms with Crippen LogP contribution in [0, 0.1) is 0 Å². The van der Waals surface area contributed by atoms with E-state index in [1.807, 2.05) is 19.1 Å². The molecule has 1 aromatic rings. The van der Waals surface area contributed by atoms with Crippen molar-refractivity contribution in [1.29, 1.82) is 0 Å². The van der Waals surface area contributed by atoms with E-state index in [1.165, 1.54) is 0 Å². The third-order valence-electron chi connectivity index (χ3n) is 4.44. The van der Waals surface area contributed by atoms with E-state index in [0.29, 0.717) is 43.0 Å². The number of hydrogen-bond acceptors (Lipinski definition) is 3. The maximum absolute atomic E-state index is 6.51. The van der Waals surface area contributed by atoms with Crippen LogP contribution in [-0.4, -0.2) is 52.5 Å². The van der Waals surface area contributed by atoms with Crippen LogP contribution in [0.5, 0.6) is 0 Å². The van der Waals surface area contributed by atoms with Crippen molar-refractivity contribution in [2.45, 2.75) is 25.2 Å². The molecule has 0 atom stereocenters. The SMILES string of the molecule is CCNC(=NCC1(c2ccc(Cl)cc2Cl)CCOCC1)NCCOC.I. The zero-order valence-electron chi connectivity index (χ0n) is 15.3. The van der Waals surface area contributed by atoms with Gasteiger partial charge in [-0.05, 0) is 37.5 Å². The second kappa shape index (κ2) is 12.2. The molecule has 1 aliphatic heterocycles. The van der Waals surface area contributed by atoms with Crippen LogP contribution in [0.4, 0.5) is 0 Å². The van der Waals surface area contributed by atoms with E-state index in [2.05, 4.69) is 10.6 Å². The summed E-state index contributed by atoms with van der Waals surface area (Å²) in [6.07, 6.45) is 1.77. The lowest BCUT2D eigenvalue weighted by Crippen LogP contribution is -2.42. The molecule has 0 saturated carbocycles. The topological polar surface area (TPSA) is 54.9 Å². The molecule has 0 radical (unpaired) electrons. The molecule has 1 saturated heterocycles. The van der Waals surface area contributed by atoms with Gasteiger partial charge in [-0.1, -0.05) is 29.3 Å². The van der Waals surface area contributed by atoms with Crippen LogP contribution >= 0.6 is 47.2 Å². The zero-order valence-corrected chi connectivity index (χ0v) is 19.2. The number of hydrogen-bond donors (Lipinski definition) is 2. The Hall–Kier alpha value is -0.280. The summed E-state index contributed by atoms with van der Waals surface area (Å²) < 4.78 is 10.7. The van der Waals surface area contributed by atoms with E-state index >= 15 is 0 Å². The van der Waals surface area contributed by atoms with Gasteiger partial charge in [0, 0.05) is 48.9 Å². The number of nitrogens with zero attached hydrogens (tertiary/aromatic N) is 1. The molecule has 2 rings (SSSR count). The molecule has 2 N–H and O–H groups in total. The number of benzene rings is 1. The highest BCUT2D eigenvalue weighted by atomic mass is 127. The van der Waals surface area contributed by atoms with Crippen LogP contribution in [0.1, 0.15) is 25.3 Å². The highest BCUT2D eigenvalue weighted by Gasteiger charge is 2.36. The maximum atomic E-state index is 6.51. The van der Waals surface area contributed by atoms with Crippen molar-refractivity contribution in [3.63, 3.8) is 0 Å². The normalized spacial score (nSPS) is 16.7. The van der Waals surface area contributed by atoms with E-state index in [1.54, 1.807) is 13.2 Å².